The summed E-state index contributed by atoms with van der Waals surface area (Å²) in [5, 5.41) is 9.10. The van der Waals surface area contributed by atoms with Gasteiger partial charge in [-0.15, -0.1) is 0 Å². The molecule has 12 heavy (non-hydrogen) atoms. The van der Waals surface area contributed by atoms with E-state index in [2.05, 4.69) is 0 Å². The Balaban J connectivity index is 3.37. The maximum atomic E-state index is 12.6. The fraction of sp³-hybridized carbons (Fsp3) is 0. The molecule has 0 unspecified atom stereocenters. The molecule has 1 rings (SSSR count). The van der Waals surface area contributed by atoms with Crippen LogP contribution in [0.25, 0.3) is 0 Å². The number of nitrogens with two attached hydrogens (primary N) is 2. The molecule has 5 heteroatoms. The number of anilines is 1. The van der Waals surface area contributed by atoms with Crippen LogP contribution in [0, 0.1) is 5.82 Å². The van der Waals surface area contributed by atoms with E-state index in [4.69, 9.17) is 16.6 Å². The summed E-state index contributed by atoms with van der Waals surface area (Å²) in [6, 6.07) is 1.73. The molecule has 0 aromatic heterocycles. The van der Waals surface area contributed by atoms with Crippen molar-refractivity contribution in [2.24, 2.45) is 5.73 Å². The molecule has 0 fully saturated rings. The van der Waals surface area contributed by atoms with Crippen LogP contribution < -0.4 is 11.5 Å². The van der Waals surface area contributed by atoms with Crippen LogP contribution in [0.4, 0.5) is 10.1 Å². The van der Waals surface area contributed by atoms with Gasteiger partial charge in [0.25, 0.3) is 5.91 Å². The lowest BCUT2D eigenvalue weighted by Gasteiger charge is -2.02. The van der Waals surface area contributed by atoms with Crippen molar-refractivity contribution in [2.45, 2.75) is 0 Å². The Morgan fingerprint density at radius 2 is 2.08 bits per heavy atom. The van der Waals surface area contributed by atoms with E-state index < -0.39 is 17.5 Å². The van der Waals surface area contributed by atoms with E-state index in [1.807, 2.05) is 0 Å². The summed E-state index contributed by atoms with van der Waals surface area (Å²) in [7, 11) is 0. The molecule has 64 valence electrons. The van der Waals surface area contributed by atoms with Crippen molar-refractivity contribution >= 4 is 11.6 Å². The van der Waals surface area contributed by atoms with E-state index in [0.29, 0.717) is 0 Å². The molecule has 1 aromatic carbocycles. The Morgan fingerprint density at radius 3 is 2.58 bits per heavy atom. The molecule has 0 bridgehead atoms. The minimum atomic E-state index is -0.918. The van der Waals surface area contributed by atoms with E-state index in [1.165, 1.54) is 0 Å². The third-order valence-corrected chi connectivity index (χ3v) is 1.37. The normalized spacial score (nSPS) is 9.75. The van der Waals surface area contributed by atoms with Crippen LogP contribution in [0.3, 0.4) is 0 Å². The van der Waals surface area contributed by atoms with Crippen molar-refractivity contribution in [3.05, 3.63) is 23.5 Å². The van der Waals surface area contributed by atoms with Gasteiger partial charge in [-0.05, 0) is 6.07 Å². The second kappa shape index (κ2) is 2.69. The highest BCUT2D eigenvalue weighted by atomic mass is 19.1. The van der Waals surface area contributed by atoms with Crippen LogP contribution in [0.1, 0.15) is 10.4 Å². The van der Waals surface area contributed by atoms with E-state index in [0.717, 1.165) is 12.1 Å². The van der Waals surface area contributed by atoms with Gasteiger partial charge < -0.3 is 16.6 Å². The van der Waals surface area contributed by atoms with Crippen molar-refractivity contribution < 1.29 is 14.3 Å². The van der Waals surface area contributed by atoms with Crippen LogP contribution in [0.15, 0.2) is 12.1 Å². The lowest BCUT2D eigenvalue weighted by molar-refractivity contribution is 0.0997. The lowest BCUT2D eigenvalue weighted by Crippen LogP contribution is -2.12. The average molecular weight is 170 g/mol. The standard InChI is InChI=1S/C7H7FN2O2/c8-3-1-4(7(10)12)6(11)5(9)2-3/h1-2,11H,9H2,(H2,10,12). The van der Waals surface area contributed by atoms with Crippen LogP contribution in [-0.4, -0.2) is 11.0 Å². The van der Waals surface area contributed by atoms with Gasteiger partial charge in [0, 0.05) is 6.07 Å². The quantitative estimate of drug-likeness (QED) is 0.415. The number of hydrogen-bond donors (Lipinski definition) is 3. The molecule has 0 radical (unpaired) electrons. The maximum Gasteiger partial charge on any atom is 0.252 e. The second-order valence-electron chi connectivity index (χ2n) is 2.26. The molecule has 0 saturated heterocycles. The predicted octanol–water partition coefficient (Wildman–Crippen LogP) is 0.212. The van der Waals surface area contributed by atoms with Crippen LogP contribution in [0.5, 0.6) is 5.75 Å². The minimum Gasteiger partial charge on any atom is -0.505 e. The first-order chi connectivity index (χ1) is 5.52. The third kappa shape index (κ3) is 1.29. The number of phenols is 1. The Hall–Kier alpha value is -1.78. The first-order valence-electron chi connectivity index (χ1n) is 3.10. The molecule has 0 heterocycles. The lowest BCUT2D eigenvalue weighted by atomic mass is 10.1. The first-order valence-corrected chi connectivity index (χ1v) is 3.10. The van der Waals surface area contributed by atoms with Crippen molar-refractivity contribution in [1.29, 1.82) is 0 Å². The summed E-state index contributed by atoms with van der Waals surface area (Å²) in [6.45, 7) is 0. The summed E-state index contributed by atoms with van der Waals surface area (Å²) in [4.78, 5) is 10.6. The van der Waals surface area contributed by atoms with E-state index in [9.17, 15) is 9.18 Å². The molecule has 0 aliphatic rings. The Morgan fingerprint density at radius 1 is 1.50 bits per heavy atom. The summed E-state index contributed by atoms with van der Waals surface area (Å²) < 4.78 is 12.6. The number of amides is 1. The van der Waals surface area contributed by atoms with Gasteiger partial charge in [-0.2, -0.15) is 0 Å². The predicted molar refractivity (Wildman–Crippen MR) is 41.0 cm³/mol. The molecule has 0 aliphatic heterocycles. The van der Waals surface area contributed by atoms with Crippen molar-refractivity contribution in [2.75, 3.05) is 5.73 Å². The molecule has 0 aliphatic carbocycles. The SMILES string of the molecule is NC(=O)c1cc(F)cc(N)c1O. The van der Waals surface area contributed by atoms with E-state index >= 15 is 0 Å². The number of benzene rings is 1. The molecule has 4 nitrogen and oxygen atoms in total. The summed E-state index contributed by atoms with van der Waals surface area (Å²) in [5.41, 5.74) is 9.48. The summed E-state index contributed by atoms with van der Waals surface area (Å²) >= 11 is 0. The molecular weight excluding hydrogens is 163 g/mol. The van der Waals surface area contributed by atoms with Crippen LogP contribution in [-0.2, 0) is 0 Å². The largest absolute Gasteiger partial charge is 0.505 e. The zero-order valence-corrected chi connectivity index (χ0v) is 6.04. The number of primary amides is 1. The van der Waals surface area contributed by atoms with Crippen LogP contribution >= 0.6 is 0 Å². The van der Waals surface area contributed by atoms with E-state index in [-0.39, 0.29) is 11.3 Å². The zero-order valence-electron chi connectivity index (χ0n) is 6.04. The fourth-order valence-electron chi connectivity index (χ4n) is 0.808. The number of hydrogen-bond acceptors (Lipinski definition) is 3. The molecule has 1 aromatic rings. The van der Waals surface area contributed by atoms with Crippen LogP contribution in [0.2, 0.25) is 0 Å². The number of carbonyl (C=O) groups excluding carboxylic acids is 1. The smallest absolute Gasteiger partial charge is 0.252 e. The number of halogens is 1. The van der Waals surface area contributed by atoms with Gasteiger partial charge in [-0.1, -0.05) is 0 Å². The number of aromatic hydroxyl groups is 1. The van der Waals surface area contributed by atoms with Gasteiger partial charge >= 0.3 is 0 Å². The van der Waals surface area contributed by atoms with Gasteiger partial charge in [0.1, 0.15) is 5.82 Å². The minimum absolute atomic E-state index is 0.205. The van der Waals surface area contributed by atoms with Crippen molar-refractivity contribution in [3.63, 3.8) is 0 Å². The van der Waals surface area contributed by atoms with E-state index in [1.54, 1.807) is 0 Å². The Labute approximate surface area is 67.6 Å². The summed E-state index contributed by atoms with van der Waals surface area (Å²) in [6.07, 6.45) is 0. The average Bonchev–Trinajstić information content (AvgIpc) is 1.96. The summed E-state index contributed by atoms with van der Waals surface area (Å²) in [5.74, 6) is -2.11. The second-order valence-corrected chi connectivity index (χ2v) is 2.26. The van der Waals surface area contributed by atoms with Gasteiger partial charge in [-0.3, -0.25) is 4.79 Å². The van der Waals surface area contributed by atoms with Gasteiger partial charge in [0.15, 0.2) is 5.75 Å². The molecule has 0 spiro atoms. The van der Waals surface area contributed by atoms with Crippen molar-refractivity contribution in [3.8, 4) is 5.75 Å². The van der Waals surface area contributed by atoms with Crippen molar-refractivity contribution in [1.82, 2.24) is 0 Å². The Bertz CT molecular complexity index is 338. The Kier molecular flexibility index (Phi) is 1.86. The highest BCUT2D eigenvalue weighted by Gasteiger charge is 2.11. The van der Waals surface area contributed by atoms with Gasteiger partial charge in [0.05, 0.1) is 11.3 Å². The fourth-order valence-corrected chi connectivity index (χ4v) is 0.808. The maximum absolute atomic E-state index is 12.6. The topological polar surface area (TPSA) is 89.3 Å². The highest BCUT2D eigenvalue weighted by molar-refractivity contribution is 5.97. The number of rotatable bonds is 1. The van der Waals surface area contributed by atoms with Gasteiger partial charge in [-0.25, -0.2) is 4.39 Å². The molecular formula is C7H7FN2O2. The molecule has 1 amide bonds. The van der Waals surface area contributed by atoms with Gasteiger partial charge in [0.2, 0.25) is 0 Å². The monoisotopic (exact) mass is 170 g/mol. The molecule has 0 saturated carbocycles. The number of nitrogen functional groups attached to an aromatic ring is 1. The molecule has 5 N–H and O–H groups in total. The molecule has 0 atom stereocenters. The highest BCUT2D eigenvalue weighted by Crippen LogP contribution is 2.25. The number of carbonyl (C=O) groups is 1. The third-order valence-electron chi connectivity index (χ3n) is 1.37. The first kappa shape index (κ1) is 8.32. The zero-order chi connectivity index (χ0) is 9.30.